The fourth-order valence-corrected chi connectivity index (χ4v) is 2.77. The maximum atomic E-state index is 12.0. The Kier molecular flexibility index (Phi) is 4.88. The highest BCUT2D eigenvalue weighted by Gasteiger charge is 2.27. The van der Waals surface area contributed by atoms with E-state index in [1.54, 1.807) is 24.5 Å². The van der Waals surface area contributed by atoms with Crippen molar-refractivity contribution >= 4 is 11.6 Å². The van der Waals surface area contributed by atoms with Crippen LogP contribution in [0.5, 0.6) is 0 Å². The van der Waals surface area contributed by atoms with Gasteiger partial charge in [0.15, 0.2) is 0 Å². The molecule has 0 unspecified atom stereocenters. The van der Waals surface area contributed by atoms with Crippen molar-refractivity contribution in [1.29, 1.82) is 0 Å². The van der Waals surface area contributed by atoms with E-state index in [1.807, 2.05) is 0 Å². The van der Waals surface area contributed by atoms with E-state index in [2.05, 4.69) is 36.3 Å². The number of hydrogen-bond donors (Lipinski definition) is 1. The molecule has 108 valence electrons. The van der Waals surface area contributed by atoms with Crippen molar-refractivity contribution in [2.45, 2.75) is 40.0 Å². The summed E-state index contributed by atoms with van der Waals surface area (Å²) in [4.78, 5) is 15.9. The van der Waals surface area contributed by atoms with Crippen molar-refractivity contribution < 1.29 is 4.79 Å². The zero-order chi connectivity index (χ0) is 14.5. The molecule has 4 nitrogen and oxygen atoms in total. The van der Waals surface area contributed by atoms with Crippen LogP contribution < -0.4 is 5.43 Å². The second kappa shape index (κ2) is 6.64. The fourth-order valence-electron chi connectivity index (χ4n) is 2.77. The third-order valence-corrected chi connectivity index (χ3v) is 3.99. The molecular weight excluding hydrogens is 250 g/mol. The number of aromatic nitrogens is 1. The maximum absolute atomic E-state index is 12.0. The molecule has 4 heteroatoms. The van der Waals surface area contributed by atoms with Gasteiger partial charge in [-0.15, -0.1) is 0 Å². The minimum atomic E-state index is -0.189. The van der Waals surface area contributed by atoms with Gasteiger partial charge in [0.2, 0.25) is 0 Å². The molecule has 20 heavy (non-hydrogen) atoms. The zero-order valence-electron chi connectivity index (χ0n) is 12.5. The van der Waals surface area contributed by atoms with Crippen molar-refractivity contribution in [2.24, 2.45) is 22.9 Å². The first-order chi connectivity index (χ1) is 9.58. The Morgan fingerprint density at radius 2 is 2.25 bits per heavy atom. The minimum absolute atomic E-state index is 0.189. The molecule has 2 atom stereocenters. The Labute approximate surface area is 120 Å². The van der Waals surface area contributed by atoms with Crippen molar-refractivity contribution in [3.05, 3.63) is 30.1 Å². The van der Waals surface area contributed by atoms with Crippen LogP contribution in [0, 0.1) is 17.8 Å². The van der Waals surface area contributed by atoms with Gasteiger partial charge in [-0.2, -0.15) is 5.10 Å². The molecule has 1 heterocycles. The van der Waals surface area contributed by atoms with E-state index in [-0.39, 0.29) is 5.91 Å². The van der Waals surface area contributed by atoms with Gasteiger partial charge < -0.3 is 0 Å². The van der Waals surface area contributed by atoms with Crippen LogP contribution in [0.15, 0.2) is 29.6 Å². The molecule has 1 aromatic heterocycles. The summed E-state index contributed by atoms with van der Waals surface area (Å²) in [6, 6.07) is 3.49. The van der Waals surface area contributed by atoms with Crippen molar-refractivity contribution in [1.82, 2.24) is 10.4 Å². The number of carbonyl (C=O) groups excluding carboxylic acids is 1. The van der Waals surface area contributed by atoms with Crippen LogP contribution in [-0.2, 0) is 0 Å². The quantitative estimate of drug-likeness (QED) is 0.859. The Hall–Kier alpha value is -1.71. The van der Waals surface area contributed by atoms with E-state index in [0.29, 0.717) is 23.3 Å². The molecule has 1 aliphatic carbocycles. The third kappa shape index (κ3) is 3.65. The van der Waals surface area contributed by atoms with Crippen LogP contribution >= 0.6 is 0 Å². The average Bonchev–Trinajstić information content (AvgIpc) is 2.45. The van der Waals surface area contributed by atoms with Gasteiger partial charge in [-0.1, -0.05) is 20.8 Å². The number of hydrazone groups is 1. The highest BCUT2D eigenvalue weighted by atomic mass is 16.2. The average molecular weight is 273 g/mol. The second-order valence-electron chi connectivity index (χ2n) is 6.02. The van der Waals surface area contributed by atoms with E-state index >= 15 is 0 Å². The molecular formula is C16H23N3O. The minimum Gasteiger partial charge on any atom is -0.267 e. The molecule has 1 amide bonds. The van der Waals surface area contributed by atoms with Crippen molar-refractivity contribution in [2.75, 3.05) is 0 Å². The van der Waals surface area contributed by atoms with Crippen LogP contribution in [0.25, 0.3) is 0 Å². The summed E-state index contributed by atoms with van der Waals surface area (Å²) < 4.78 is 0. The molecule has 1 saturated carbocycles. The standard InChI is InChI=1S/C16H23N3O/c1-11(2)14-7-6-12(3)9-15(14)18-19-16(20)13-5-4-8-17-10-13/h4-5,8,10-12,14H,6-7,9H2,1-3H3,(H,19,20)/b18-15-/t12-,14-/m1/s1. The topological polar surface area (TPSA) is 54.4 Å². The highest BCUT2D eigenvalue weighted by Crippen LogP contribution is 2.31. The first-order valence-electron chi connectivity index (χ1n) is 7.34. The van der Waals surface area contributed by atoms with Crippen LogP contribution in [0.4, 0.5) is 0 Å². The molecule has 1 aliphatic rings. The van der Waals surface area contributed by atoms with Gasteiger partial charge in [-0.25, -0.2) is 5.43 Å². The SMILES string of the molecule is CC(C)[C@H]1CC[C@@H](C)C/C1=N/NC(=O)c1cccnc1. The van der Waals surface area contributed by atoms with Crippen LogP contribution in [0.2, 0.25) is 0 Å². The maximum Gasteiger partial charge on any atom is 0.272 e. The van der Waals surface area contributed by atoms with Crippen LogP contribution in [-0.4, -0.2) is 16.6 Å². The number of carbonyl (C=O) groups is 1. The monoisotopic (exact) mass is 273 g/mol. The third-order valence-electron chi connectivity index (χ3n) is 3.99. The number of hydrogen-bond acceptors (Lipinski definition) is 3. The molecule has 0 aromatic carbocycles. The lowest BCUT2D eigenvalue weighted by Gasteiger charge is -2.30. The van der Waals surface area contributed by atoms with Gasteiger partial charge >= 0.3 is 0 Å². The van der Waals surface area contributed by atoms with Crippen molar-refractivity contribution in [3.8, 4) is 0 Å². The Morgan fingerprint density at radius 1 is 1.45 bits per heavy atom. The summed E-state index contributed by atoms with van der Waals surface area (Å²) in [6.07, 6.45) is 6.61. The molecule has 0 spiro atoms. The van der Waals surface area contributed by atoms with Gasteiger partial charge in [0.25, 0.3) is 5.91 Å². The van der Waals surface area contributed by atoms with E-state index in [9.17, 15) is 4.79 Å². The fraction of sp³-hybridized carbons (Fsp3) is 0.562. The summed E-state index contributed by atoms with van der Waals surface area (Å²) in [5.74, 6) is 1.52. The molecule has 2 rings (SSSR count). The van der Waals surface area contributed by atoms with Crippen molar-refractivity contribution in [3.63, 3.8) is 0 Å². The smallest absolute Gasteiger partial charge is 0.267 e. The van der Waals surface area contributed by atoms with Crippen LogP contribution in [0.3, 0.4) is 0 Å². The van der Waals surface area contributed by atoms with Gasteiger partial charge in [0.05, 0.1) is 5.56 Å². The lowest BCUT2D eigenvalue weighted by molar-refractivity contribution is 0.0953. The molecule has 0 aliphatic heterocycles. The number of pyridine rings is 1. The molecule has 0 radical (unpaired) electrons. The van der Waals surface area contributed by atoms with E-state index in [1.165, 1.54) is 12.8 Å². The van der Waals surface area contributed by atoms with Gasteiger partial charge in [0, 0.05) is 24.0 Å². The number of nitrogens with zero attached hydrogens (tertiary/aromatic N) is 2. The second-order valence-corrected chi connectivity index (χ2v) is 6.02. The van der Waals surface area contributed by atoms with Gasteiger partial charge in [-0.3, -0.25) is 9.78 Å². The molecule has 1 aromatic rings. The zero-order valence-corrected chi connectivity index (χ0v) is 12.5. The molecule has 0 saturated heterocycles. The summed E-state index contributed by atoms with van der Waals surface area (Å²) in [5.41, 5.74) is 4.36. The molecule has 0 bridgehead atoms. The van der Waals surface area contributed by atoms with E-state index < -0.39 is 0 Å². The van der Waals surface area contributed by atoms with E-state index in [0.717, 1.165) is 12.1 Å². The summed E-state index contributed by atoms with van der Waals surface area (Å²) in [5, 5.41) is 4.40. The van der Waals surface area contributed by atoms with Crippen LogP contribution in [0.1, 0.15) is 50.4 Å². The predicted octanol–water partition coefficient (Wildman–Crippen LogP) is 3.26. The summed E-state index contributed by atoms with van der Waals surface area (Å²) >= 11 is 0. The Morgan fingerprint density at radius 3 is 2.90 bits per heavy atom. The highest BCUT2D eigenvalue weighted by molar-refractivity contribution is 5.95. The Bertz CT molecular complexity index is 482. The Balaban J connectivity index is 2.06. The van der Waals surface area contributed by atoms with Gasteiger partial charge in [0.1, 0.15) is 0 Å². The number of rotatable bonds is 3. The predicted molar refractivity (Wildman–Crippen MR) is 80.5 cm³/mol. The number of nitrogens with one attached hydrogen (secondary N) is 1. The van der Waals surface area contributed by atoms with Gasteiger partial charge in [-0.05, 0) is 43.2 Å². The normalized spacial score (nSPS) is 24.9. The lowest BCUT2D eigenvalue weighted by atomic mass is 9.76. The first kappa shape index (κ1) is 14.7. The summed E-state index contributed by atoms with van der Waals surface area (Å²) in [6.45, 7) is 6.69. The lowest BCUT2D eigenvalue weighted by Crippen LogP contribution is -2.31. The largest absolute Gasteiger partial charge is 0.272 e. The molecule has 1 N–H and O–H groups in total. The summed E-state index contributed by atoms with van der Waals surface area (Å²) in [7, 11) is 0. The van der Waals surface area contributed by atoms with E-state index in [4.69, 9.17) is 0 Å². The number of amides is 1. The molecule has 1 fully saturated rings. The first-order valence-corrected chi connectivity index (χ1v) is 7.34.